The molecule has 6 heteroatoms. The van der Waals surface area contributed by atoms with E-state index in [-0.39, 0.29) is 0 Å². The summed E-state index contributed by atoms with van der Waals surface area (Å²) in [7, 11) is 1.88. The van der Waals surface area contributed by atoms with E-state index in [0.29, 0.717) is 6.54 Å². The Hall–Kier alpha value is -1.69. The Morgan fingerprint density at radius 3 is 2.94 bits per heavy atom. The molecule has 0 radical (unpaired) electrons. The molecule has 0 bridgehead atoms. The number of hydrogen-bond donors (Lipinski definition) is 1. The first-order valence-corrected chi connectivity index (χ1v) is 5.35. The molecule has 6 nitrogen and oxygen atoms in total. The lowest BCUT2D eigenvalue weighted by Crippen LogP contribution is -2.17. The van der Waals surface area contributed by atoms with Gasteiger partial charge in [0.15, 0.2) is 0 Å². The average molecular weight is 220 g/mol. The maximum Gasteiger partial charge on any atom is 0.148 e. The van der Waals surface area contributed by atoms with Crippen molar-refractivity contribution in [2.45, 2.75) is 20.0 Å². The van der Waals surface area contributed by atoms with Crippen molar-refractivity contribution in [2.24, 2.45) is 7.05 Å². The number of nitrogens with zero attached hydrogens (tertiary/aromatic N) is 5. The summed E-state index contributed by atoms with van der Waals surface area (Å²) in [6, 6.07) is 2.01. The van der Waals surface area contributed by atoms with Gasteiger partial charge in [-0.25, -0.2) is 4.98 Å². The van der Waals surface area contributed by atoms with Crippen LogP contribution in [0.25, 0.3) is 0 Å². The van der Waals surface area contributed by atoms with E-state index in [1.54, 1.807) is 11.0 Å². The number of aryl methyl sites for hydroxylation is 1. The summed E-state index contributed by atoms with van der Waals surface area (Å²) in [5.74, 6) is 0.904. The minimum Gasteiger partial charge on any atom is -0.311 e. The zero-order valence-electron chi connectivity index (χ0n) is 9.59. The van der Waals surface area contributed by atoms with E-state index in [0.717, 1.165) is 24.6 Å². The van der Waals surface area contributed by atoms with Gasteiger partial charge >= 0.3 is 0 Å². The monoisotopic (exact) mass is 220 g/mol. The second-order valence-electron chi connectivity index (χ2n) is 3.56. The average Bonchev–Trinajstić information content (AvgIpc) is 2.87. The van der Waals surface area contributed by atoms with Gasteiger partial charge in [0.1, 0.15) is 18.7 Å². The minimum absolute atomic E-state index is 0.657. The van der Waals surface area contributed by atoms with Crippen LogP contribution in [-0.4, -0.2) is 31.1 Å². The second kappa shape index (κ2) is 4.89. The molecule has 0 aliphatic rings. The third-order valence-electron chi connectivity index (χ3n) is 2.46. The van der Waals surface area contributed by atoms with Crippen LogP contribution in [0.3, 0.4) is 0 Å². The molecule has 2 rings (SSSR count). The summed E-state index contributed by atoms with van der Waals surface area (Å²) in [5, 5.41) is 11.6. The molecule has 2 aromatic rings. The highest BCUT2D eigenvalue weighted by Crippen LogP contribution is 2.02. The van der Waals surface area contributed by atoms with E-state index in [2.05, 4.69) is 27.4 Å². The zero-order valence-corrected chi connectivity index (χ0v) is 9.59. The van der Waals surface area contributed by atoms with E-state index in [1.807, 2.05) is 24.0 Å². The molecule has 0 aliphatic carbocycles. The molecule has 0 fully saturated rings. The summed E-state index contributed by atoms with van der Waals surface area (Å²) in [4.78, 5) is 4.18. The van der Waals surface area contributed by atoms with Crippen LogP contribution in [0.5, 0.6) is 0 Å². The fourth-order valence-corrected chi connectivity index (χ4v) is 1.50. The number of hydrogen-bond acceptors (Lipinski definition) is 4. The van der Waals surface area contributed by atoms with Crippen molar-refractivity contribution in [3.05, 3.63) is 30.1 Å². The molecule has 86 valence electrons. The van der Waals surface area contributed by atoms with Crippen LogP contribution in [0, 0.1) is 0 Å². The molecule has 2 aromatic heterocycles. The van der Waals surface area contributed by atoms with Gasteiger partial charge in [0.25, 0.3) is 0 Å². The maximum atomic E-state index is 4.28. The smallest absolute Gasteiger partial charge is 0.148 e. The van der Waals surface area contributed by atoms with Gasteiger partial charge in [-0.2, -0.15) is 10.2 Å². The first kappa shape index (κ1) is 10.8. The summed E-state index contributed by atoms with van der Waals surface area (Å²) < 4.78 is 3.70. The van der Waals surface area contributed by atoms with Gasteiger partial charge in [0.05, 0.1) is 5.69 Å². The lowest BCUT2D eigenvalue weighted by atomic mass is 10.4. The van der Waals surface area contributed by atoms with E-state index in [9.17, 15) is 0 Å². The third kappa shape index (κ3) is 2.27. The molecule has 0 atom stereocenters. The van der Waals surface area contributed by atoms with Gasteiger partial charge in [-0.15, -0.1) is 0 Å². The van der Waals surface area contributed by atoms with Crippen molar-refractivity contribution in [2.75, 3.05) is 6.54 Å². The van der Waals surface area contributed by atoms with Crippen LogP contribution in [0.15, 0.2) is 18.6 Å². The fourth-order valence-electron chi connectivity index (χ4n) is 1.50. The van der Waals surface area contributed by atoms with Crippen LogP contribution in [0.4, 0.5) is 0 Å². The highest BCUT2D eigenvalue weighted by atomic mass is 15.4. The predicted octanol–water partition coefficient (Wildman–Crippen LogP) is 0.169. The van der Waals surface area contributed by atoms with Crippen molar-refractivity contribution in [3.8, 4) is 0 Å². The molecule has 0 spiro atoms. The Balaban J connectivity index is 2.09. The molecule has 16 heavy (non-hydrogen) atoms. The van der Waals surface area contributed by atoms with Crippen LogP contribution in [-0.2, 0) is 20.1 Å². The van der Waals surface area contributed by atoms with Gasteiger partial charge in [-0.05, 0) is 12.6 Å². The molecule has 2 heterocycles. The lowest BCUT2D eigenvalue weighted by molar-refractivity contribution is 0.567. The fraction of sp³-hybridized carbons (Fsp3) is 0.500. The first-order valence-electron chi connectivity index (χ1n) is 5.35. The molecule has 0 aromatic carbocycles. The van der Waals surface area contributed by atoms with Crippen molar-refractivity contribution in [3.63, 3.8) is 0 Å². The second-order valence-corrected chi connectivity index (χ2v) is 3.56. The van der Waals surface area contributed by atoms with E-state index in [4.69, 9.17) is 0 Å². The SMILES string of the molecule is CCNCc1ccnn1Cc1ncnn1C. The largest absolute Gasteiger partial charge is 0.311 e. The Labute approximate surface area is 94.3 Å². The van der Waals surface area contributed by atoms with Crippen LogP contribution < -0.4 is 5.32 Å². The molecule has 0 amide bonds. The van der Waals surface area contributed by atoms with Crippen molar-refractivity contribution in [1.82, 2.24) is 29.9 Å². The quantitative estimate of drug-likeness (QED) is 0.780. The lowest BCUT2D eigenvalue weighted by Gasteiger charge is -2.07. The zero-order chi connectivity index (χ0) is 11.4. The normalized spacial score (nSPS) is 10.9. The molecule has 1 N–H and O–H groups in total. The van der Waals surface area contributed by atoms with E-state index < -0.39 is 0 Å². The molecular formula is C10H16N6. The summed E-state index contributed by atoms with van der Waals surface area (Å²) in [5.41, 5.74) is 1.16. The third-order valence-corrected chi connectivity index (χ3v) is 2.46. The number of aromatic nitrogens is 5. The van der Waals surface area contributed by atoms with Crippen molar-refractivity contribution < 1.29 is 0 Å². The number of nitrogens with one attached hydrogen (secondary N) is 1. The Kier molecular flexibility index (Phi) is 3.31. The summed E-state index contributed by atoms with van der Waals surface area (Å²) in [6.45, 7) is 4.52. The highest BCUT2D eigenvalue weighted by Gasteiger charge is 2.06. The summed E-state index contributed by atoms with van der Waals surface area (Å²) in [6.07, 6.45) is 3.37. The van der Waals surface area contributed by atoms with E-state index in [1.165, 1.54) is 0 Å². The molecule has 0 aliphatic heterocycles. The Morgan fingerprint density at radius 1 is 1.38 bits per heavy atom. The highest BCUT2D eigenvalue weighted by molar-refractivity contribution is 5.02. The molecule has 0 saturated carbocycles. The molecule has 0 saturated heterocycles. The molecule has 0 unspecified atom stereocenters. The van der Waals surface area contributed by atoms with Crippen molar-refractivity contribution in [1.29, 1.82) is 0 Å². The van der Waals surface area contributed by atoms with Crippen molar-refractivity contribution >= 4 is 0 Å². The first-order chi connectivity index (χ1) is 7.81. The van der Waals surface area contributed by atoms with E-state index >= 15 is 0 Å². The van der Waals surface area contributed by atoms with Crippen LogP contribution in [0.2, 0.25) is 0 Å². The van der Waals surface area contributed by atoms with Gasteiger partial charge in [0.2, 0.25) is 0 Å². The van der Waals surface area contributed by atoms with Crippen LogP contribution >= 0.6 is 0 Å². The predicted molar refractivity (Wildman–Crippen MR) is 59.7 cm³/mol. The van der Waals surface area contributed by atoms with Crippen LogP contribution in [0.1, 0.15) is 18.4 Å². The van der Waals surface area contributed by atoms with Gasteiger partial charge in [0, 0.05) is 19.8 Å². The standard InChI is InChI=1S/C10H16N6/c1-3-11-6-9-4-5-13-16(9)7-10-12-8-14-15(10)2/h4-5,8,11H,3,6-7H2,1-2H3. The minimum atomic E-state index is 0.657. The van der Waals surface area contributed by atoms with Gasteiger partial charge in [-0.3, -0.25) is 9.36 Å². The van der Waals surface area contributed by atoms with Gasteiger partial charge in [-0.1, -0.05) is 6.92 Å². The number of rotatable bonds is 5. The Bertz CT molecular complexity index is 444. The molecular weight excluding hydrogens is 204 g/mol. The maximum absolute atomic E-state index is 4.28. The Morgan fingerprint density at radius 2 is 2.25 bits per heavy atom. The summed E-state index contributed by atoms with van der Waals surface area (Å²) >= 11 is 0. The van der Waals surface area contributed by atoms with Gasteiger partial charge < -0.3 is 5.32 Å². The topological polar surface area (TPSA) is 60.6 Å².